The van der Waals surface area contributed by atoms with Gasteiger partial charge in [-0.3, -0.25) is 4.79 Å². The van der Waals surface area contributed by atoms with Gasteiger partial charge in [0.25, 0.3) is 0 Å². The lowest BCUT2D eigenvalue weighted by Gasteiger charge is -2.31. The van der Waals surface area contributed by atoms with Crippen molar-refractivity contribution in [3.05, 3.63) is 0 Å². The molecule has 4 heteroatoms. The SMILES string of the molecule is CCOC(=O)C1CCCC(NC2CCCC2C#N)C1. The van der Waals surface area contributed by atoms with Gasteiger partial charge in [-0.15, -0.1) is 0 Å². The van der Waals surface area contributed by atoms with Crippen molar-refractivity contribution < 1.29 is 9.53 Å². The molecule has 0 aliphatic heterocycles. The van der Waals surface area contributed by atoms with E-state index >= 15 is 0 Å². The largest absolute Gasteiger partial charge is 0.466 e. The Labute approximate surface area is 115 Å². The fraction of sp³-hybridized carbons (Fsp3) is 0.867. The van der Waals surface area contributed by atoms with Crippen LogP contribution in [0.2, 0.25) is 0 Å². The van der Waals surface area contributed by atoms with E-state index in [9.17, 15) is 4.79 Å². The molecule has 1 N–H and O–H groups in total. The fourth-order valence-electron chi connectivity index (χ4n) is 3.43. The smallest absolute Gasteiger partial charge is 0.308 e. The van der Waals surface area contributed by atoms with Gasteiger partial charge < -0.3 is 10.1 Å². The van der Waals surface area contributed by atoms with E-state index in [-0.39, 0.29) is 17.8 Å². The minimum Gasteiger partial charge on any atom is -0.466 e. The van der Waals surface area contributed by atoms with Crippen LogP contribution in [0.1, 0.15) is 51.9 Å². The zero-order valence-corrected chi connectivity index (χ0v) is 11.7. The molecule has 0 aromatic heterocycles. The first kappa shape index (κ1) is 14.3. The molecule has 2 saturated carbocycles. The number of carbonyl (C=O) groups excluding carboxylic acids is 1. The molecule has 0 aromatic carbocycles. The van der Waals surface area contributed by atoms with Gasteiger partial charge in [-0.1, -0.05) is 12.8 Å². The van der Waals surface area contributed by atoms with Crippen LogP contribution in [0.5, 0.6) is 0 Å². The lowest BCUT2D eigenvalue weighted by Crippen LogP contribution is -2.43. The van der Waals surface area contributed by atoms with Crippen LogP contribution in [0.3, 0.4) is 0 Å². The summed E-state index contributed by atoms with van der Waals surface area (Å²) >= 11 is 0. The van der Waals surface area contributed by atoms with Crippen LogP contribution >= 0.6 is 0 Å². The van der Waals surface area contributed by atoms with Gasteiger partial charge in [0.05, 0.1) is 24.5 Å². The molecule has 4 nitrogen and oxygen atoms in total. The Balaban J connectivity index is 1.84. The number of hydrogen-bond acceptors (Lipinski definition) is 4. The van der Waals surface area contributed by atoms with E-state index in [1.165, 1.54) is 0 Å². The number of hydrogen-bond donors (Lipinski definition) is 1. The van der Waals surface area contributed by atoms with E-state index < -0.39 is 0 Å². The maximum atomic E-state index is 11.8. The maximum Gasteiger partial charge on any atom is 0.308 e. The highest BCUT2D eigenvalue weighted by atomic mass is 16.5. The number of nitrogens with one attached hydrogen (secondary N) is 1. The second-order valence-electron chi connectivity index (χ2n) is 5.75. The van der Waals surface area contributed by atoms with Gasteiger partial charge in [-0.05, 0) is 39.0 Å². The van der Waals surface area contributed by atoms with E-state index in [4.69, 9.17) is 10.00 Å². The Hall–Kier alpha value is -1.08. The van der Waals surface area contributed by atoms with Gasteiger partial charge in [0.15, 0.2) is 0 Å². The monoisotopic (exact) mass is 264 g/mol. The van der Waals surface area contributed by atoms with Crippen molar-refractivity contribution in [2.24, 2.45) is 11.8 Å². The summed E-state index contributed by atoms with van der Waals surface area (Å²) < 4.78 is 5.12. The van der Waals surface area contributed by atoms with Crippen molar-refractivity contribution in [3.63, 3.8) is 0 Å². The molecule has 0 heterocycles. The Morgan fingerprint density at radius 2 is 2.11 bits per heavy atom. The first-order valence-electron chi connectivity index (χ1n) is 7.57. The molecule has 4 unspecified atom stereocenters. The quantitative estimate of drug-likeness (QED) is 0.792. The van der Waals surface area contributed by atoms with Gasteiger partial charge in [0.1, 0.15) is 0 Å². The van der Waals surface area contributed by atoms with Gasteiger partial charge in [0, 0.05) is 12.1 Å². The summed E-state index contributed by atoms with van der Waals surface area (Å²) in [6.07, 6.45) is 7.26. The van der Waals surface area contributed by atoms with Crippen molar-refractivity contribution in [1.29, 1.82) is 5.26 Å². The van der Waals surface area contributed by atoms with Crippen molar-refractivity contribution in [1.82, 2.24) is 5.32 Å². The molecule has 0 saturated heterocycles. The molecule has 4 atom stereocenters. The maximum absolute atomic E-state index is 11.8. The molecule has 106 valence electrons. The molecule has 2 aliphatic rings. The van der Waals surface area contributed by atoms with E-state index in [0.717, 1.165) is 44.9 Å². The Morgan fingerprint density at radius 3 is 2.84 bits per heavy atom. The standard InChI is InChI=1S/C15H24N2O2/c1-2-19-15(18)11-5-3-7-13(9-11)17-14-8-4-6-12(14)10-16/h11-14,17H,2-9H2,1H3. The summed E-state index contributed by atoms with van der Waals surface area (Å²) in [7, 11) is 0. The highest BCUT2D eigenvalue weighted by Gasteiger charge is 2.33. The van der Waals surface area contributed by atoms with Gasteiger partial charge >= 0.3 is 5.97 Å². The Kier molecular flexibility index (Phi) is 5.21. The van der Waals surface area contributed by atoms with E-state index in [2.05, 4.69) is 11.4 Å². The summed E-state index contributed by atoms with van der Waals surface area (Å²) in [5.41, 5.74) is 0. The molecule has 0 aromatic rings. The number of carbonyl (C=O) groups is 1. The van der Waals surface area contributed by atoms with Crippen molar-refractivity contribution in [2.75, 3.05) is 6.61 Å². The normalized spacial score (nSPS) is 34.7. The average Bonchev–Trinajstić information content (AvgIpc) is 2.86. The van der Waals surface area contributed by atoms with Gasteiger partial charge in [0.2, 0.25) is 0 Å². The second-order valence-corrected chi connectivity index (χ2v) is 5.75. The second kappa shape index (κ2) is 6.91. The van der Waals surface area contributed by atoms with Crippen molar-refractivity contribution in [2.45, 2.75) is 64.0 Å². The topological polar surface area (TPSA) is 62.1 Å². The van der Waals surface area contributed by atoms with Crippen LogP contribution in [0, 0.1) is 23.2 Å². The van der Waals surface area contributed by atoms with Crippen LogP contribution in [0.15, 0.2) is 0 Å². The third kappa shape index (κ3) is 3.70. The van der Waals surface area contributed by atoms with E-state index in [0.29, 0.717) is 18.7 Å². The number of rotatable bonds is 4. The third-order valence-corrected chi connectivity index (χ3v) is 4.43. The molecule has 2 fully saturated rings. The number of ether oxygens (including phenoxy) is 1. The van der Waals surface area contributed by atoms with E-state index in [1.807, 2.05) is 6.92 Å². The lowest BCUT2D eigenvalue weighted by molar-refractivity contribution is -0.149. The van der Waals surface area contributed by atoms with E-state index in [1.54, 1.807) is 0 Å². The molecule has 0 amide bonds. The Bertz CT molecular complexity index is 351. The van der Waals surface area contributed by atoms with Crippen LogP contribution in [0.4, 0.5) is 0 Å². The summed E-state index contributed by atoms with van der Waals surface area (Å²) in [6.45, 7) is 2.32. The fourth-order valence-corrected chi connectivity index (χ4v) is 3.43. The highest BCUT2D eigenvalue weighted by molar-refractivity contribution is 5.72. The minimum atomic E-state index is -0.0442. The number of nitriles is 1. The number of nitrogens with zero attached hydrogens (tertiary/aromatic N) is 1. The average molecular weight is 264 g/mol. The predicted octanol–water partition coefficient (Wildman–Crippen LogP) is 2.39. The molecular formula is C15H24N2O2. The minimum absolute atomic E-state index is 0.0442. The van der Waals surface area contributed by atoms with Crippen LogP contribution in [-0.4, -0.2) is 24.7 Å². The summed E-state index contributed by atoms with van der Waals surface area (Å²) in [4.78, 5) is 11.8. The lowest BCUT2D eigenvalue weighted by atomic mass is 9.85. The molecular weight excluding hydrogens is 240 g/mol. The molecule has 2 aliphatic carbocycles. The summed E-state index contributed by atoms with van der Waals surface area (Å²) in [5, 5.41) is 12.7. The highest BCUT2D eigenvalue weighted by Crippen LogP contribution is 2.30. The van der Waals surface area contributed by atoms with Crippen LogP contribution in [-0.2, 0) is 9.53 Å². The molecule has 2 rings (SSSR count). The van der Waals surface area contributed by atoms with Gasteiger partial charge in [-0.2, -0.15) is 5.26 Å². The first-order chi connectivity index (χ1) is 9.24. The van der Waals surface area contributed by atoms with Crippen LogP contribution < -0.4 is 5.32 Å². The summed E-state index contributed by atoms with van der Waals surface area (Å²) in [5.74, 6) is 0.161. The van der Waals surface area contributed by atoms with Crippen LogP contribution in [0.25, 0.3) is 0 Å². The first-order valence-corrected chi connectivity index (χ1v) is 7.57. The van der Waals surface area contributed by atoms with Crippen molar-refractivity contribution >= 4 is 5.97 Å². The molecule has 0 bridgehead atoms. The predicted molar refractivity (Wildman–Crippen MR) is 72.3 cm³/mol. The number of esters is 1. The Morgan fingerprint density at radius 1 is 1.32 bits per heavy atom. The zero-order valence-electron chi connectivity index (χ0n) is 11.7. The molecule has 0 radical (unpaired) electrons. The summed E-state index contributed by atoms with van der Waals surface area (Å²) in [6, 6.07) is 3.11. The molecule has 19 heavy (non-hydrogen) atoms. The third-order valence-electron chi connectivity index (χ3n) is 4.43. The van der Waals surface area contributed by atoms with Crippen molar-refractivity contribution in [3.8, 4) is 6.07 Å². The molecule has 0 spiro atoms. The zero-order chi connectivity index (χ0) is 13.7. The van der Waals surface area contributed by atoms with Gasteiger partial charge in [-0.25, -0.2) is 0 Å².